The molecular weight excluding hydrogens is 358 g/mol. The molecular formula is C18H17NO6S. The minimum Gasteiger partial charge on any atom is -0.496 e. The topological polar surface area (TPSA) is 105 Å². The molecule has 3 rings (SSSR count). The summed E-state index contributed by atoms with van der Waals surface area (Å²) in [6.45, 7) is 0. The maximum Gasteiger partial charge on any atom is 0.313 e. The molecule has 2 aromatic rings. The van der Waals surface area contributed by atoms with Gasteiger partial charge in [-0.3, -0.25) is 4.79 Å². The van der Waals surface area contributed by atoms with E-state index in [1.807, 2.05) is 0 Å². The van der Waals surface area contributed by atoms with Crippen LogP contribution >= 0.6 is 0 Å². The second-order valence-corrected chi connectivity index (χ2v) is 7.00. The largest absolute Gasteiger partial charge is 0.496 e. The zero-order valence-electron chi connectivity index (χ0n) is 14.8. The molecule has 0 fully saturated rings. The predicted molar refractivity (Wildman–Crippen MR) is 93.2 cm³/mol. The number of ketones is 1. The van der Waals surface area contributed by atoms with E-state index < -0.39 is 39.4 Å². The predicted octanol–water partition coefficient (Wildman–Crippen LogP) is 2.01. The van der Waals surface area contributed by atoms with Crippen LogP contribution in [0.2, 0.25) is 0 Å². The highest BCUT2D eigenvalue weighted by Gasteiger charge is 2.40. The summed E-state index contributed by atoms with van der Waals surface area (Å²) in [6.07, 6.45) is -2.30. The number of hydrogen-bond donors (Lipinski definition) is 1. The van der Waals surface area contributed by atoms with Crippen molar-refractivity contribution in [3.05, 3.63) is 77.4 Å². The fourth-order valence-corrected chi connectivity index (χ4v) is 3.51. The summed E-state index contributed by atoms with van der Waals surface area (Å²) >= 11 is 0. The van der Waals surface area contributed by atoms with Crippen molar-refractivity contribution in [1.82, 2.24) is 0 Å². The van der Waals surface area contributed by atoms with Crippen molar-refractivity contribution in [3.63, 3.8) is 0 Å². The summed E-state index contributed by atoms with van der Waals surface area (Å²) in [4.78, 5) is 12.7. The van der Waals surface area contributed by atoms with Crippen molar-refractivity contribution in [2.75, 3.05) is 7.11 Å². The number of hydrogen-bond acceptors (Lipinski definition) is 7. The van der Waals surface area contributed by atoms with Gasteiger partial charge in [0.2, 0.25) is 17.4 Å². The van der Waals surface area contributed by atoms with Gasteiger partial charge < -0.3 is 19.4 Å². The number of methoxy groups -OCH3 is 1. The summed E-state index contributed by atoms with van der Waals surface area (Å²) in [6, 6.07) is 14.6. The number of ether oxygens (including phenoxy) is 2. The van der Waals surface area contributed by atoms with E-state index in [0.717, 1.165) is 0 Å². The van der Waals surface area contributed by atoms with Gasteiger partial charge in [-0.25, -0.2) is 0 Å². The Hall–Kier alpha value is -3.00. The number of para-hydroxylation sites is 1. The van der Waals surface area contributed by atoms with Gasteiger partial charge in [0.05, 0.1) is 8.48 Å². The quantitative estimate of drug-likeness (QED) is 0.769. The first-order valence-corrected chi connectivity index (χ1v) is 9.18. The SMILES string of the molecule is [2H][C@]1(c2ccccc2OC)OC(N)=C(OS(=O)(=O)Cc2ccccc2)C1=O. The molecule has 1 aliphatic heterocycles. The number of carbonyl (C=O) groups excluding carboxylic acids is 1. The Labute approximate surface area is 152 Å². The third kappa shape index (κ3) is 3.65. The molecule has 2 aromatic carbocycles. The molecule has 1 heterocycles. The number of rotatable bonds is 6. The Balaban J connectivity index is 1.87. The van der Waals surface area contributed by atoms with E-state index in [1.54, 1.807) is 48.5 Å². The van der Waals surface area contributed by atoms with Gasteiger partial charge in [0.15, 0.2) is 6.08 Å². The van der Waals surface area contributed by atoms with Crippen LogP contribution in [0.1, 0.15) is 18.6 Å². The van der Waals surface area contributed by atoms with E-state index in [0.29, 0.717) is 5.56 Å². The van der Waals surface area contributed by atoms with Crippen LogP contribution in [-0.2, 0) is 29.6 Å². The second-order valence-electron chi connectivity index (χ2n) is 5.42. The van der Waals surface area contributed by atoms with Gasteiger partial charge in [0, 0.05) is 5.56 Å². The van der Waals surface area contributed by atoms with Crippen molar-refractivity contribution in [2.45, 2.75) is 11.8 Å². The van der Waals surface area contributed by atoms with Gasteiger partial charge in [-0.2, -0.15) is 8.42 Å². The van der Waals surface area contributed by atoms with Crippen LogP contribution in [0, 0.1) is 0 Å². The average molecular weight is 376 g/mol. The molecule has 0 radical (unpaired) electrons. The first kappa shape index (κ1) is 16.5. The van der Waals surface area contributed by atoms with E-state index in [4.69, 9.17) is 20.8 Å². The summed E-state index contributed by atoms with van der Waals surface area (Å²) in [5.41, 5.74) is 6.22. The third-order valence-electron chi connectivity index (χ3n) is 3.60. The van der Waals surface area contributed by atoms with Crippen LogP contribution in [0.15, 0.2) is 66.2 Å². The van der Waals surface area contributed by atoms with E-state index in [-0.39, 0.29) is 11.3 Å². The lowest BCUT2D eigenvalue weighted by Crippen LogP contribution is -2.16. The molecule has 0 bridgehead atoms. The maximum absolute atomic E-state index is 12.7. The minimum atomic E-state index is -4.19. The Kier molecular flexibility index (Phi) is 4.49. The third-order valence-corrected chi connectivity index (χ3v) is 4.70. The van der Waals surface area contributed by atoms with Gasteiger partial charge in [-0.05, 0) is 11.6 Å². The van der Waals surface area contributed by atoms with Crippen LogP contribution in [0.3, 0.4) is 0 Å². The van der Waals surface area contributed by atoms with Crippen molar-refractivity contribution in [1.29, 1.82) is 0 Å². The van der Waals surface area contributed by atoms with E-state index >= 15 is 0 Å². The summed E-state index contributed by atoms with van der Waals surface area (Å²) < 4.78 is 48.3. The smallest absolute Gasteiger partial charge is 0.313 e. The molecule has 136 valence electrons. The van der Waals surface area contributed by atoms with Gasteiger partial charge >= 0.3 is 10.1 Å². The molecule has 2 N–H and O–H groups in total. The van der Waals surface area contributed by atoms with E-state index in [1.165, 1.54) is 13.2 Å². The lowest BCUT2D eigenvalue weighted by atomic mass is 10.0. The molecule has 0 saturated carbocycles. The monoisotopic (exact) mass is 376 g/mol. The number of carbonyl (C=O) groups is 1. The summed E-state index contributed by atoms with van der Waals surface area (Å²) in [5.74, 6) is -2.55. The van der Waals surface area contributed by atoms with E-state index in [2.05, 4.69) is 0 Å². The van der Waals surface area contributed by atoms with Crippen molar-refractivity contribution >= 4 is 15.9 Å². The van der Waals surface area contributed by atoms with E-state index in [9.17, 15) is 13.2 Å². The molecule has 1 aliphatic rings. The molecule has 0 aliphatic carbocycles. The summed E-state index contributed by atoms with van der Waals surface area (Å²) in [5, 5.41) is 0. The lowest BCUT2D eigenvalue weighted by Gasteiger charge is -2.13. The van der Waals surface area contributed by atoms with Crippen molar-refractivity contribution < 1.29 is 28.2 Å². The minimum absolute atomic E-state index is 0.0829. The van der Waals surface area contributed by atoms with Gasteiger partial charge in [0.1, 0.15) is 11.5 Å². The zero-order chi connectivity index (χ0) is 19.7. The normalized spacial score (nSPS) is 20.5. The molecule has 0 unspecified atom stereocenters. The Morgan fingerprint density at radius 2 is 1.81 bits per heavy atom. The molecule has 0 saturated heterocycles. The zero-order valence-corrected chi connectivity index (χ0v) is 14.7. The van der Waals surface area contributed by atoms with Gasteiger partial charge in [-0.15, -0.1) is 0 Å². The molecule has 0 spiro atoms. The van der Waals surface area contributed by atoms with Crippen LogP contribution in [0.4, 0.5) is 0 Å². The maximum atomic E-state index is 12.7. The molecule has 8 heteroatoms. The Bertz CT molecular complexity index is 1010. The number of benzene rings is 2. The number of Topliss-reactive ketones (excluding diaryl/α,β-unsaturated/α-hetero) is 1. The Morgan fingerprint density at radius 3 is 2.50 bits per heavy atom. The highest BCUT2D eigenvalue weighted by molar-refractivity contribution is 7.86. The van der Waals surface area contributed by atoms with Crippen LogP contribution in [0.25, 0.3) is 0 Å². The highest BCUT2D eigenvalue weighted by atomic mass is 32.2. The molecule has 26 heavy (non-hydrogen) atoms. The fourth-order valence-electron chi connectivity index (χ4n) is 2.44. The van der Waals surface area contributed by atoms with Crippen LogP contribution in [-0.4, -0.2) is 21.3 Å². The first-order valence-electron chi connectivity index (χ1n) is 8.10. The first-order chi connectivity index (χ1) is 12.8. The second kappa shape index (κ2) is 7.09. The average Bonchev–Trinajstić information content (AvgIpc) is 2.86. The highest BCUT2D eigenvalue weighted by Crippen LogP contribution is 2.36. The van der Waals surface area contributed by atoms with Crippen LogP contribution < -0.4 is 10.5 Å². The lowest BCUT2D eigenvalue weighted by molar-refractivity contribution is -0.123. The molecule has 7 nitrogen and oxygen atoms in total. The molecule has 0 aromatic heterocycles. The van der Waals surface area contributed by atoms with Gasteiger partial charge in [0.25, 0.3) is 0 Å². The Morgan fingerprint density at radius 1 is 1.15 bits per heavy atom. The summed E-state index contributed by atoms with van der Waals surface area (Å²) in [7, 11) is -2.81. The van der Waals surface area contributed by atoms with Crippen LogP contribution in [0.5, 0.6) is 5.75 Å². The van der Waals surface area contributed by atoms with Gasteiger partial charge in [-0.1, -0.05) is 48.5 Å². The fraction of sp³-hybridized carbons (Fsp3) is 0.167. The van der Waals surface area contributed by atoms with Crippen molar-refractivity contribution in [3.8, 4) is 5.75 Å². The van der Waals surface area contributed by atoms with Crippen molar-refractivity contribution in [2.24, 2.45) is 5.73 Å². The molecule has 0 amide bonds. The number of nitrogens with two attached hydrogens (primary N) is 1. The standard InChI is InChI=1S/C18H17NO6S/c1-23-14-10-6-5-9-13(14)16-15(20)17(18(19)24-16)25-26(21,22)11-12-7-3-2-4-8-12/h2-10,16H,11,19H2,1H3/t16-/m1/s1/i16D. The molecule has 1 atom stereocenters.